The third-order valence-electron chi connectivity index (χ3n) is 3.45. The van der Waals surface area contributed by atoms with Gasteiger partial charge in [-0.3, -0.25) is 14.4 Å². The summed E-state index contributed by atoms with van der Waals surface area (Å²) in [5.41, 5.74) is -0.956. The number of nitrogens with zero attached hydrogens (tertiary/aromatic N) is 1. The molecule has 0 atom stereocenters. The predicted molar refractivity (Wildman–Crippen MR) is 66.4 cm³/mol. The molecule has 1 saturated heterocycles. The van der Waals surface area contributed by atoms with Gasteiger partial charge in [-0.15, -0.1) is 0 Å². The Balaban J connectivity index is 2.50. The van der Waals surface area contributed by atoms with Crippen molar-refractivity contribution in [3.63, 3.8) is 0 Å². The number of likely N-dealkylation sites (N-methyl/N-ethyl adjacent to an activating group) is 1. The highest BCUT2D eigenvalue weighted by molar-refractivity contribution is 5.84. The number of carboxylic acid groups (broad SMARTS) is 1. The maximum Gasteiger partial charge on any atom is 0.311 e. The molecular weight excluding hydrogens is 252 g/mol. The van der Waals surface area contributed by atoms with Crippen molar-refractivity contribution in [1.82, 2.24) is 10.2 Å². The summed E-state index contributed by atoms with van der Waals surface area (Å²) >= 11 is 0. The molecule has 1 rings (SSSR count). The molecular formula is C12H20N2O5. The number of ether oxygens (including phenoxy) is 1. The summed E-state index contributed by atoms with van der Waals surface area (Å²) in [4.78, 5) is 35.2. The monoisotopic (exact) mass is 272 g/mol. The van der Waals surface area contributed by atoms with Gasteiger partial charge in [0.05, 0.1) is 12.0 Å². The lowest BCUT2D eigenvalue weighted by Gasteiger charge is -2.33. The highest BCUT2D eigenvalue weighted by atomic mass is 16.5. The van der Waals surface area contributed by atoms with E-state index in [1.54, 1.807) is 0 Å². The van der Waals surface area contributed by atoms with Gasteiger partial charge in [0.2, 0.25) is 11.8 Å². The standard InChI is InChI=1S/C12H20N2O5/c1-9(15)14(2)7-10(16)13-8-12(11(17)18)3-5-19-6-4-12/h3-8H2,1-2H3,(H,13,16)(H,17,18). The van der Waals surface area contributed by atoms with E-state index < -0.39 is 11.4 Å². The summed E-state index contributed by atoms with van der Waals surface area (Å²) in [5.74, 6) is -1.49. The second-order valence-corrected chi connectivity index (χ2v) is 4.85. The van der Waals surface area contributed by atoms with Crippen molar-refractivity contribution in [1.29, 1.82) is 0 Å². The lowest BCUT2D eigenvalue weighted by atomic mass is 9.80. The maximum absolute atomic E-state index is 11.6. The molecule has 0 aliphatic carbocycles. The van der Waals surface area contributed by atoms with Gasteiger partial charge in [0.25, 0.3) is 0 Å². The molecule has 1 aliphatic heterocycles. The zero-order chi connectivity index (χ0) is 14.5. The van der Waals surface area contributed by atoms with Gasteiger partial charge >= 0.3 is 5.97 Å². The van der Waals surface area contributed by atoms with Crippen LogP contribution in [0.2, 0.25) is 0 Å². The number of carboxylic acids is 1. The number of carbonyl (C=O) groups is 3. The van der Waals surface area contributed by atoms with E-state index in [1.165, 1.54) is 18.9 Å². The topological polar surface area (TPSA) is 95.9 Å². The van der Waals surface area contributed by atoms with E-state index >= 15 is 0 Å². The molecule has 0 saturated carbocycles. The van der Waals surface area contributed by atoms with Gasteiger partial charge in [-0.05, 0) is 12.8 Å². The van der Waals surface area contributed by atoms with Crippen molar-refractivity contribution in [2.45, 2.75) is 19.8 Å². The van der Waals surface area contributed by atoms with Crippen molar-refractivity contribution in [3.8, 4) is 0 Å². The van der Waals surface area contributed by atoms with E-state index in [0.717, 1.165) is 0 Å². The second kappa shape index (κ2) is 6.51. The van der Waals surface area contributed by atoms with Crippen molar-refractivity contribution in [2.75, 3.05) is 33.4 Å². The molecule has 1 heterocycles. The average Bonchev–Trinajstić information content (AvgIpc) is 2.37. The van der Waals surface area contributed by atoms with Crippen LogP contribution < -0.4 is 5.32 Å². The van der Waals surface area contributed by atoms with Crippen molar-refractivity contribution in [3.05, 3.63) is 0 Å². The van der Waals surface area contributed by atoms with Gasteiger partial charge in [-0.1, -0.05) is 0 Å². The molecule has 0 spiro atoms. The van der Waals surface area contributed by atoms with Crippen LogP contribution in [0.3, 0.4) is 0 Å². The quantitative estimate of drug-likeness (QED) is 0.701. The third kappa shape index (κ3) is 4.20. The van der Waals surface area contributed by atoms with Gasteiger partial charge in [0.1, 0.15) is 0 Å². The van der Waals surface area contributed by atoms with Gasteiger partial charge in [-0.2, -0.15) is 0 Å². The van der Waals surface area contributed by atoms with Gasteiger partial charge in [0.15, 0.2) is 0 Å². The van der Waals surface area contributed by atoms with Crippen LogP contribution in [-0.4, -0.2) is 61.1 Å². The molecule has 0 bridgehead atoms. The van der Waals surface area contributed by atoms with E-state index in [2.05, 4.69) is 5.32 Å². The normalized spacial score (nSPS) is 17.6. The number of aliphatic carboxylic acids is 1. The lowest BCUT2D eigenvalue weighted by Crippen LogP contribution is -2.48. The lowest BCUT2D eigenvalue weighted by molar-refractivity contribution is -0.154. The first kappa shape index (κ1) is 15.4. The second-order valence-electron chi connectivity index (χ2n) is 4.85. The Bertz CT molecular complexity index is 363. The minimum Gasteiger partial charge on any atom is -0.481 e. The van der Waals surface area contributed by atoms with Crippen LogP contribution in [0.5, 0.6) is 0 Å². The Labute approximate surface area is 111 Å². The average molecular weight is 272 g/mol. The van der Waals surface area contributed by atoms with Crippen molar-refractivity contribution in [2.24, 2.45) is 5.41 Å². The summed E-state index contributed by atoms with van der Waals surface area (Å²) in [6.45, 7) is 2.13. The summed E-state index contributed by atoms with van der Waals surface area (Å²) < 4.78 is 5.15. The molecule has 0 radical (unpaired) electrons. The molecule has 2 N–H and O–H groups in total. The number of hydrogen-bond acceptors (Lipinski definition) is 4. The largest absolute Gasteiger partial charge is 0.481 e. The molecule has 0 aromatic rings. The molecule has 0 aromatic heterocycles. The number of nitrogens with one attached hydrogen (secondary N) is 1. The minimum absolute atomic E-state index is 0.0657. The summed E-state index contributed by atoms with van der Waals surface area (Å²) in [6.07, 6.45) is 0.760. The van der Waals surface area contributed by atoms with Crippen LogP contribution in [0, 0.1) is 5.41 Å². The van der Waals surface area contributed by atoms with E-state index in [4.69, 9.17) is 4.74 Å². The van der Waals surface area contributed by atoms with Gasteiger partial charge < -0.3 is 20.1 Å². The number of amides is 2. The Hall–Kier alpha value is -1.63. The molecule has 1 aliphatic rings. The van der Waals surface area contributed by atoms with Crippen molar-refractivity contribution < 1.29 is 24.2 Å². The smallest absolute Gasteiger partial charge is 0.311 e. The minimum atomic E-state index is -0.956. The first-order valence-electron chi connectivity index (χ1n) is 6.17. The fourth-order valence-electron chi connectivity index (χ4n) is 1.88. The molecule has 2 amide bonds. The number of carbonyl (C=O) groups excluding carboxylic acids is 2. The van der Waals surface area contributed by atoms with Crippen LogP contribution in [0.25, 0.3) is 0 Å². The summed E-state index contributed by atoms with van der Waals surface area (Å²) in [7, 11) is 1.52. The zero-order valence-electron chi connectivity index (χ0n) is 11.3. The highest BCUT2D eigenvalue weighted by Crippen LogP contribution is 2.29. The van der Waals surface area contributed by atoms with E-state index in [-0.39, 0.29) is 24.9 Å². The summed E-state index contributed by atoms with van der Waals surface area (Å²) in [6, 6.07) is 0. The van der Waals surface area contributed by atoms with Crippen LogP contribution in [0.15, 0.2) is 0 Å². The Kier molecular flexibility index (Phi) is 5.29. The number of rotatable bonds is 5. The SMILES string of the molecule is CC(=O)N(C)CC(=O)NCC1(C(=O)O)CCOCC1. The predicted octanol–water partition coefficient (Wildman–Crippen LogP) is -0.538. The van der Waals surface area contributed by atoms with Crippen molar-refractivity contribution >= 4 is 17.8 Å². The zero-order valence-corrected chi connectivity index (χ0v) is 11.3. The maximum atomic E-state index is 11.6. The van der Waals surface area contributed by atoms with E-state index in [1.807, 2.05) is 0 Å². The van der Waals surface area contributed by atoms with Gasteiger partial charge in [0, 0.05) is 33.7 Å². The first-order chi connectivity index (χ1) is 8.87. The van der Waals surface area contributed by atoms with Crippen LogP contribution in [0.1, 0.15) is 19.8 Å². The molecule has 7 heteroatoms. The Morgan fingerprint density at radius 2 is 1.89 bits per heavy atom. The highest BCUT2D eigenvalue weighted by Gasteiger charge is 2.40. The molecule has 108 valence electrons. The fourth-order valence-corrected chi connectivity index (χ4v) is 1.88. The molecule has 7 nitrogen and oxygen atoms in total. The molecule has 1 fully saturated rings. The number of hydrogen-bond donors (Lipinski definition) is 2. The third-order valence-corrected chi connectivity index (χ3v) is 3.45. The van der Waals surface area contributed by atoms with Gasteiger partial charge in [-0.25, -0.2) is 0 Å². The first-order valence-corrected chi connectivity index (χ1v) is 6.17. The van der Waals surface area contributed by atoms with E-state index in [0.29, 0.717) is 26.1 Å². The molecule has 19 heavy (non-hydrogen) atoms. The molecule has 0 unspecified atom stereocenters. The van der Waals surface area contributed by atoms with Crippen LogP contribution in [0.4, 0.5) is 0 Å². The summed E-state index contributed by atoms with van der Waals surface area (Å²) in [5, 5.41) is 11.9. The molecule has 0 aromatic carbocycles. The van der Waals surface area contributed by atoms with Crippen LogP contribution >= 0.6 is 0 Å². The van der Waals surface area contributed by atoms with E-state index in [9.17, 15) is 19.5 Å². The Morgan fingerprint density at radius 1 is 1.32 bits per heavy atom. The van der Waals surface area contributed by atoms with Crippen LogP contribution in [-0.2, 0) is 19.1 Å². The Morgan fingerprint density at radius 3 is 2.37 bits per heavy atom. The fraction of sp³-hybridized carbons (Fsp3) is 0.750.